The number of rotatable bonds is 70. The zero-order valence-corrected chi connectivity index (χ0v) is 62.0. The van der Waals surface area contributed by atoms with E-state index in [0.717, 1.165) is 114 Å². The summed E-state index contributed by atoms with van der Waals surface area (Å²) in [6.07, 6.45) is 45.9. The maximum atomic E-state index is 13.1. The summed E-state index contributed by atoms with van der Waals surface area (Å²) in [5, 5.41) is 10.6. The molecule has 0 spiro atoms. The Bertz CT molecular complexity index is 1820. The van der Waals surface area contributed by atoms with Gasteiger partial charge in [-0.1, -0.05) is 312 Å². The van der Waals surface area contributed by atoms with Gasteiger partial charge in [0.25, 0.3) is 0 Å². The molecule has 0 saturated carbocycles. The maximum absolute atomic E-state index is 13.1. The zero-order valence-electron chi connectivity index (χ0n) is 60.2. The molecule has 0 amide bonds. The van der Waals surface area contributed by atoms with Gasteiger partial charge >= 0.3 is 39.5 Å². The Kier molecular flexibility index (Phi) is 61.3. The molecule has 19 heteroatoms. The van der Waals surface area contributed by atoms with Gasteiger partial charge in [0.2, 0.25) is 0 Å². The molecule has 4 unspecified atom stereocenters. The number of phosphoric ester groups is 2. The standard InChI is InChI=1S/C73H142O17P2/c1-9-66(8)52-44-36-28-22-23-31-40-48-56-73(78)90-69(60-84-71(76)54-46-38-32-24-27-35-43-51-65(6)7)62-88-92(81,82)86-58-67(74)57-85-91(79,80)87-61-68(59-83-70(75)53-45-37-29-21-17-19-26-34-42-50-64(4)5)89-72(77)55-47-39-30-20-16-14-12-10-11-13-15-18-25-33-41-49-63(2)3/h63-69,74H,9-62H2,1-8H3,(H,79,80)(H,81,82)/t66?,67?,68-,69-/m1/s1. The van der Waals surface area contributed by atoms with Crippen molar-refractivity contribution < 1.29 is 80.2 Å². The van der Waals surface area contributed by atoms with E-state index < -0.39 is 97.5 Å². The molecule has 0 aromatic carbocycles. The number of hydrogen-bond donors (Lipinski definition) is 3. The largest absolute Gasteiger partial charge is 0.472 e. The zero-order chi connectivity index (χ0) is 68.2. The van der Waals surface area contributed by atoms with Gasteiger partial charge in [0.1, 0.15) is 19.3 Å². The monoisotopic (exact) mass is 1350 g/mol. The summed E-state index contributed by atoms with van der Waals surface area (Å²) in [7, 11) is -9.91. The Morgan fingerprint density at radius 3 is 0.772 bits per heavy atom. The number of carbonyl (C=O) groups is 4. The minimum Gasteiger partial charge on any atom is -0.462 e. The number of aliphatic hydroxyl groups excluding tert-OH is 1. The fourth-order valence-corrected chi connectivity index (χ4v) is 12.6. The van der Waals surface area contributed by atoms with E-state index in [1.165, 1.54) is 161 Å². The molecule has 17 nitrogen and oxygen atoms in total. The smallest absolute Gasteiger partial charge is 0.462 e. The third-order valence-corrected chi connectivity index (χ3v) is 19.1. The lowest BCUT2D eigenvalue weighted by molar-refractivity contribution is -0.161. The van der Waals surface area contributed by atoms with Gasteiger partial charge < -0.3 is 33.8 Å². The average molecular weight is 1350 g/mol. The Balaban J connectivity index is 5.24. The molecule has 0 rings (SSSR count). The normalized spacial score (nSPS) is 14.5. The molecule has 3 N–H and O–H groups in total. The van der Waals surface area contributed by atoms with Crippen LogP contribution in [0.25, 0.3) is 0 Å². The molecule has 6 atom stereocenters. The van der Waals surface area contributed by atoms with Crippen molar-refractivity contribution >= 4 is 39.5 Å². The molecular weight excluding hydrogens is 1210 g/mol. The summed E-state index contributed by atoms with van der Waals surface area (Å²) in [6, 6.07) is 0. The lowest BCUT2D eigenvalue weighted by atomic mass is 9.99. The topological polar surface area (TPSA) is 237 Å². The Hall–Kier alpha value is -1.94. The first-order chi connectivity index (χ1) is 44.1. The molecule has 0 bridgehead atoms. The number of phosphoric acid groups is 2. The van der Waals surface area contributed by atoms with Crippen LogP contribution in [-0.2, 0) is 65.4 Å². The molecule has 0 heterocycles. The summed E-state index contributed by atoms with van der Waals surface area (Å²) in [5.41, 5.74) is 0. The molecule has 0 aliphatic heterocycles. The van der Waals surface area contributed by atoms with Crippen LogP contribution >= 0.6 is 15.6 Å². The highest BCUT2D eigenvalue weighted by atomic mass is 31.2. The van der Waals surface area contributed by atoms with Crippen molar-refractivity contribution in [1.29, 1.82) is 0 Å². The fraction of sp³-hybridized carbons (Fsp3) is 0.945. The molecule has 546 valence electrons. The lowest BCUT2D eigenvalue weighted by Crippen LogP contribution is -2.30. The molecule has 0 aromatic rings. The van der Waals surface area contributed by atoms with Crippen LogP contribution in [0.15, 0.2) is 0 Å². The van der Waals surface area contributed by atoms with Crippen LogP contribution in [-0.4, -0.2) is 96.7 Å². The van der Waals surface area contributed by atoms with Gasteiger partial charge in [-0.05, 0) is 49.4 Å². The first kappa shape index (κ1) is 90.1. The van der Waals surface area contributed by atoms with E-state index in [2.05, 4.69) is 55.4 Å². The van der Waals surface area contributed by atoms with Gasteiger partial charge in [-0.2, -0.15) is 0 Å². The van der Waals surface area contributed by atoms with Crippen molar-refractivity contribution in [3.63, 3.8) is 0 Å². The number of carbonyl (C=O) groups excluding carboxylic acids is 4. The van der Waals surface area contributed by atoms with Gasteiger partial charge in [0.15, 0.2) is 12.2 Å². The first-order valence-electron chi connectivity index (χ1n) is 37.7. The second-order valence-corrected chi connectivity index (χ2v) is 30.9. The molecule has 0 radical (unpaired) electrons. The lowest BCUT2D eigenvalue weighted by Gasteiger charge is -2.21. The summed E-state index contributed by atoms with van der Waals surface area (Å²) in [5.74, 6) is 0.894. The Labute approximate surface area is 562 Å². The Morgan fingerprint density at radius 1 is 0.304 bits per heavy atom. The third kappa shape index (κ3) is 65.4. The molecule has 0 saturated heterocycles. The van der Waals surface area contributed by atoms with Gasteiger partial charge in [-0.25, -0.2) is 9.13 Å². The van der Waals surface area contributed by atoms with E-state index in [4.69, 9.17) is 37.0 Å². The minimum absolute atomic E-state index is 0.104. The van der Waals surface area contributed by atoms with Gasteiger partial charge in [-0.15, -0.1) is 0 Å². The highest BCUT2D eigenvalue weighted by Gasteiger charge is 2.30. The van der Waals surface area contributed by atoms with E-state index in [0.29, 0.717) is 31.6 Å². The number of aliphatic hydroxyl groups is 1. The van der Waals surface area contributed by atoms with Gasteiger partial charge in [-0.3, -0.25) is 37.3 Å². The summed E-state index contributed by atoms with van der Waals surface area (Å²) < 4.78 is 68.4. The minimum atomic E-state index is -4.96. The highest BCUT2D eigenvalue weighted by Crippen LogP contribution is 2.45. The summed E-state index contributed by atoms with van der Waals surface area (Å²) >= 11 is 0. The second kappa shape index (κ2) is 62.6. The molecular formula is C73H142O17P2. The quantitative estimate of drug-likeness (QED) is 0.0222. The molecule has 0 aromatic heterocycles. The van der Waals surface area contributed by atoms with Crippen molar-refractivity contribution in [2.75, 3.05) is 39.6 Å². The van der Waals surface area contributed by atoms with E-state index in [9.17, 15) is 43.2 Å². The van der Waals surface area contributed by atoms with E-state index >= 15 is 0 Å². The van der Waals surface area contributed by atoms with Crippen molar-refractivity contribution in [2.45, 2.75) is 382 Å². The van der Waals surface area contributed by atoms with Crippen LogP contribution in [0, 0.1) is 23.7 Å². The molecule has 0 aliphatic rings. The number of esters is 4. The van der Waals surface area contributed by atoms with Gasteiger partial charge in [0.05, 0.1) is 26.4 Å². The van der Waals surface area contributed by atoms with Crippen molar-refractivity contribution in [3.05, 3.63) is 0 Å². The predicted molar refractivity (Wildman–Crippen MR) is 372 cm³/mol. The van der Waals surface area contributed by atoms with Crippen molar-refractivity contribution in [1.82, 2.24) is 0 Å². The van der Waals surface area contributed by atoms with Crippen LogP contribution in [0.2, 0.25) is 0 Å². The molecule has 0 fully saturated rings. The number of unbranched alkanes of at least 4 members (excludes halogenated alkanes) is 35. The van der Waals surface area contributed by atoms with Gasteiger partial charge in [0, 0.05) is 25.7 Å². The van der Waals surface area contributed by atoms with E-state index in [1.807, 2.05) is 0 Å². The predicted octanol–water partition coefficient (Wildman–Crippen LogP) is 20.9. The maximum Gasteiger partial charge on any atom is 0.472 e. The fourth-order valence-electron chi connectivity index (χ4n) is 11.0. The van der Waals surface area contributed by atoms with Crippen LogP contribution in [0.3, 0.4) is 0 Å². The first-order valence-corrected chi connectivity index (χ1v) is 40.7. The van der Waals surface area contributed by atoms with Crippen LogP contribution in [0.5, 0.6) is 0 Å². The van der Waals surface area contributed by atoms with Crippen LogP contribution in [0.1, 0.15) is 364 Å². The van der Waals surface area contributed by atoms with Crippen molar-refractivity contribution in [2.24, 2.45) is 23.7 Å². The SMILES string of the molecule is CCC(C)CCCCCCCCCCC(=O)O[C@H](COC(=O)CCCCCCCCCC(C)C)COP(=O)(O)OCC(O)COP(=O)(O)OC[C@@H](COC(=O)CCCCCCCCCCCC(C)C)OC(=O)CCCCCCCCCCCCCCCCCC(C)C. The molecule has 0 aliphatic carbocycles. The highest BCUT2D eigenvalue weighted by molar-refractivity contribution is 7.47. The summed E-state index contributed by atoms with van der Waals surface area (Å²) in [6.45, 7) is 14.1. The Morgan fingerprint density at radius 2 is 0.522 bits per heavy atom. The molecule has 92 heavy (non-hydrogen) atoms. The van der Waals surface area contributed by atoms with Crippen LogP contribution < -0.4 is 0 Å². The summed E-state index contributed by atoms with van der Waals surface area (Å²) in [4.78, 5) is 72.7. The van der Waals surface area contributed by atoms with Crippen molar-refractivity contribution in [3.8, 4) is 0 Å². The average Bonchev–Trinajstić information content (AvgIpc) is 2.31. The van der Waals surface area contributed by atoms with E-state index in [-0.39, 0.29) is 25.7 Å². The number of hydrogen-bond acceptors (Lipinski definition) is 15. The number of ether oxygens (including phenoxy) is 4. The second-order valence-electron chi connectivity index (χ2n) is 28.0. The third-order valence-electron chi connectivity index (χ3n) is 17.2. The van der Waals surface area contributed by atoms with E-state index in [1.54, 1.807) is 0 Å². The van der Waals surface area contributed by atoms with Crippen LogP contribution in [0.4, 0.5) is 0 Å².